The van der Waals surface area contributed by atoms with Gasteiger partial charge >= 0.3 is 0 Å². The summed E-state index contributed by atoms with van der Waals surface area (Å²) in [5, 5.41) is 9.42. The van der Waals surface area contributed by atoms with Crippen LogP contribution in [0.5, 0.6) is 5.75 Å². The molecule has 0 bridgehead atoms. The number of carbonyl (C=O) groups is 1. The fourth-order valence-corrected chi connectivity index (χ4v) is 3.84. The molecule has 1 aromatic carbocycles. The van der Waals surface area contributed by atoms with Crippen LogP contribution in [0.4, 0.5) is 0 Å². The van der Waals surface area contributed by atoms with Crippen LogP contribution >= 0.6 is 0 Å². The van der Waals surface area contributed by atoms with Crippen LogP contribution in [-0.2, 0) is 4.79 Å². The van der Waals surface area contributed by atoms with Gasteiger partial charge in [0.25, 0.3) is 0 Å². The minimum atomic E-state index is 0.145. The van der Waals surface area contributed by atoms with Crippen molar-refractivity contribution in [3.63, 3.8) is 0 Å². The van der Waals surface area contributed by atoms with Gasteiger partial charge in [0, 0.05) is 12.6 Å². The van der Waals surface area contributed by atoms with Gasteiger partial charge in [-0.1, -0.05) is 12.1 Å². The SMILES string of the molecule is COc1cccc(C2CCCN2C(=O)CN2CCCC2CO)c1. The van der Waals surface area contributed by atoms with E-state index in [0.29, 0.717) is 6.54 Å². The molecule has 2 atom stereocenters. The molecule has 0 spiro atoms. The summed E-state index contributed by atoms with van der Waals surface area (Å²) >= 11 is 0. The molecule has 1 aromatic rings. The van der Waals surface area contributed by atoms with E-state index < -0.39 is 0 Å². The molecule has 2 saturated heterocycles. The molecular formula is C18H26N2O3. The summed E-state index contributed by atoms with van der Waals surface area (Å²) in [6, 6.07) is 8.32. The standard InChI is InChI=1S/C18H26N2O3/c1-23-16-7-2-5-14(11-16)17-8-4-10-20(17)18(22)12-19-9-3-6-15(19)13-21/h2,5,7,11,15,17,21H,3-4,6,8-10,12-13H2,1H3. The van der Waals surface area contributed by atoms with E-state index in [2.05, 4.69) is 11.0 Å². The van der Waals surface area contributed by atoms with Gasteiger partial charge < -0.3 is 14.7 Å². The zero-order chi connectivity index (χ0) is 16.2. The third-order valence-corrected chi connectivity index (χ3v) is 5.10. The van der Waals surface area contributed by atoms with Crippen molar-refractivity contribution in [3.8, 4) is 5.75 Å². The molecule has 1 N–H and O–H groups in total. The highest BCUT2D eigenvalue weighted by molar-refractivity contribution is 5.79. The largest absolute Gasteiger partial charge is 0.497 e. The summed E-state index contributed by atoms with van der Waals surface area (Å²) < 4.78 is 5.31. The summed E-state index contributed by atoms with van der Waals surface area (Å²) in [5.41, 5.74) is 1.15. The number of nitrogens with zero attached hydrogens (tertiary/aromatic N) is 2. The van der Waals surface area contributed by atoms with Crippen molar-refractivity contribution in [1.29, 1.82) is 0 Å². The Balaban J connectivity index is 1.69. The van der Waals surface area contributed by atoms with Gasteiger partial charge in [0.15, 0.2) is 0 Å². The maximum absolute atomic E-state index is 12.8. The lowest BCUT2D eigenvalue weighted by Gasteiger charge is -2.29. The van der Waals surface area contributed by atoms with E-state index in [-0.39, 0.29) is 24.6 Å². The molecule has 2 fully saturated rings. The van der Waals surface area contributed by atoms with Gasteiger partial charge in [0.1, 0.15) is 5.75 Å². The first-order chi connectivity index (χ1) is 11.2. The number of likely N-dealkylation sites (tertiary alicyclic amines) is 2. The highest BCUT2D eigenvalue weighted by Crippen LogP contribution is 2.33. The lowest BCUT2D eigenvalue weighted by atomic mass is 10.0. The number of benzene rings is 1. The second-order valence-corrected chi connectivity index (χ2v) is 6.47. The van der Waals surface area contributed by atoms with Gasteiger partial charge in [-0.2, -0.15) is 0 Å². The monoisotopic (exact) mass is 318 g/mol. The summed E-state index contributed by atoms with van der Waals surface area (Å²) in [5.74, 6) is 1.01. The predicted molar refractivity (Wildman–Crippen MR) is 88.4 cm³/mol. The van der Waals surface area contributed by atoms with Gasteiger partial charge in [0.2, 0.25) is 5.91 Å². The molecule has 2 aliphatic rings. The van der Waals surface area contributed by atoms with E-state index in [1.165, 1.54) is 0 Å². The number of hydrogen-bond acceptors (Lipinski definition) is 4. The van der Waals surface area contributed by atoms with Crippen molar-refractivity contribution < 1.29 is 14.6 Å². The minimum Gasteiger partial charge on any atom is -0.497 e. The Bertz CT molecular complexity index is 549. The maximum atomic E-state index is 12.8. The minimum absolute atomic E-state index is 0.145. The zero-order valence-electron chi connectivity index (χ0n) is 13.8. The van der Waals surface area contributed by atoms with Crippen molar-refractivity contribution in [2.24, 2.45) is 0 Å². The number of rotatable bonds is 5. The summed E-state index contributed by atoms with van der Waals surface area (Å²) in [7, 11) is 1.67. The number of methoxy groups -OCH3 is 1. The second-order valence-electron chi connectivity index (χ2n) is 6.47. The number of aliphatic hydroxyl groups excluding tert-OH is 1. The molecule has 2 heterocycles. The average Bonchev–Trinajstić information content (AvgIpc) is 3.23. The van der Waals surface area contributed by atoms with Crippen molar-refractivity contribution in [2.45, 2.75) is 37.8 Å². The third-order valence-electron chi connectivity index (χ3n) is 5.10. The molecule has 5 heteroatoms. The van der Waals surface area contributed by atoms with Crippen LogP contribution in [0, 0.1) is 0 Å². The van der Waals surface area contributed by atoms with E-state index >= 15 is 0 Å². The molecule has 0 aromatic heterocycles. The van der Waals surface area contributed by atoms with Crippen molar-refractivity contribution in [1.82, 2.24) is 9.80 Å². The number of aliphatic hydroxyl groups is 1. The van der Waals surface area contributed by atoms with Crippen molar-refractivity contribution in [2.75, 3.05) is 33.4 Å². The van der Waals surface area contributed by atoms with E-state index in [4.69, 9.17) is 4.74 Å². The Kier molecular flexibility index (Phi) is 5.18. The first-order valence-electron chi connectivity index (χ1n) is 8.51. The van der Waals surface area contributed by atoms with Crippen molar-refractivity contribution in [3.05, 3.63) is 29.8 Å². The molecule has 0 radical (unpaired) electrons. The molecule has 3 rings (SSSR count). The average molecular weight is 318 g/mol. The topological polar surface area (TPSA) is 53.0 Å². The Morgan fingerprint density at radius 2 is 2.13 bits per heavy atom. The third kappa shape index (κ3) is 3.51. The Morgan fingerprint density at radius 1 is 1.30 bits per heavy atom. The van der Waals surface area contributed by atoms with Gasteiger partial charge in [-0.25, -0.2) is 0 Å². The van der Waals surface area contributed by atoms with Crippen LogP contribution in [0.15, 0.2) is 24.3 Å². The molecular weight excluding hydrogens is 292 g/mol. The van der Waals surface area contributed by atoms with E-state index in [9.17, 15) is 9.90 Å². The van der Waals surface area contributed by atoms with Crippen LogP contribution in [0.25, 0.3) is 0 Å². The molecule has 2 unspecified atom stereocenters. The smallest absolute Gasteiger partial charge is 0.237 e. The normalized spacial score (nSPS) is 25.0. The first-order valence-corrected chi connectivity index (χ1v) is 8.51. The van der Waals surface area contributed by atoms with Crippen LogP contribution in [0.1, 0.15) is 37.3 Å². The van der Waals surface area contributed by atoms with Crippen LogP contribution in [0.3, 0.4) is 0 Å². The fourth-order valence-electron chi connectivity index (χ4n) is 3.84. The molecule has 0 saturated carbocycles. The first kappa shape index (κ1) is 16.3. The summed E-state index contributed by atoms with van der Waals surface area (Å²) in [6.07, 6.45) is 4.10. The van der Waals surface area contributed by atoms with Crippen LogP contribution in [0.2, 0.25) is 0 Å². The molecule has 126 valence electrons. The van der Waals surface area contributed by atoms with Crippen LogP contribution < -0.4 is 4.74 Å². The molecule has 5 nitrogen and oxygen atoms in total. The molecule has 1 amide bonds. The molecule has 0 aliphatic carbocycles. The summed E-state index contributed by atoms with van der Waals surface area (Å²) in [6.45, 7) is 2.30. The highest BCUT2D eigenvalue weighted by Gasteiger charge is 2.33. The van der Waals surface area contributed by atoms with Gasteiger partial charge in [-0.15, -0.1) is 0 Å². The van der Waals surface area contributed by atoms with E-state index in [0.717, 1.165) is 50.1 Å². The number of carbonyl (C=O) groups excluding carboxylic acids is 1. The molecule has 23 heavy (non-hydrogen) atoms. The molecule has 2 aliphatic heterocycles. The predicted octanol–water partition coefficient (Wildman–Crippen LogP) is 1.82. The lowest BCUT2D eigenvalue weighted by Crippen LogP contribution is -2.43. The fraction of sp³-hybridized carbons (Fsp3) is 0.611. The lowest BCUT2D eigenvalue weighted by molar-refractivity contribution is -0.133. The maximum Gasteiger partial charge on any atom is 0.237 e. The van der Waals surface area contributed by atoms with Gasteiger partial charge in [-0.3, -0.25) is 9.69 Å². The van der Waals surface area contributed by atoms with E-state index in [1.807, 2.05) is 23.1 Å². The quantitative estimate of drug-likeness (QED) is 0.900. The number of amides is 1. The highest BCUT2D eigenvalue weighted by atomic mass is 16.5. The van der Waals surface area contributed by atoms with Gasteiger partial charge in [0.05, 0.1) is 26.3 Å². The van der Waals surface area contributed by atoms with Crippen LogP contribution in [-0.4, -0.2) is 60.2 Å². The Labute approximate surface area is 137 Å². The zero-order valence-corrected chi connectivity index (χ0v) is 13.8. The number of ether oxygens (including phenoxy) is 1. The Morgan fingerprint density at radius 3 is 2.91 bits per heavy atom. The van der Waals surface area contributed by atoms with E-state index in [1.54, 1.807) is 7.11 Å². The summed E-state index contributed by atoms with van der Waals surface area (Å²) in [4.78, 5) is 16.9. The number of hydrogen-bond donors (Lipinski definition) is 1. The van der Waals surface area contributed by atoms with Gasteiger partial charge in [-0.05, 0) is 49.9 Å². The van der Waals surface area contributed by atoms with Crippen molar-refractivity contribution >= 4 is 5.91 Å². The second kappa shape index (κ2) is 7.32. The Hall–Kier alpha value is -1.59.